The quantitative estimate of drug-likeness (QED) is 0.169. The van der Waals surface area contributed by atoms with Gasteiger partial charge < -0.3 is 4.42 Å². The van der Waals surface area contributed by atoms with Crippen LogP contribution in [0.1, 0.15) is 18.5 Å². The number of para-hydroxylation sites is 1. The second kappa shape index (κ2) is 13.3. The Kier molecular flexibility index (Phi) is 7.70. The van der Waals surface area contributed by atoms with Gasteiger partial charge in [-0.15, -0.1) is 11.3 Å². The lowest BCUT2D eigenvalue weighted by atomic mass is 10.0. The van der Waals surface area contributed by atoms with Gasteiger partial charge in [0.2, 0.25) is 0 Å². The molecule has 0 N–H and O–H groups in total. The standard InChI is InChI=1S/C49H31N5OS/c1-4-14-30(15-5-1)39-29-40(31-16-6-2-7-17-31)51-48(50-39)36-22-13-25-43-44(36)35-21-12-23-37(45(35)56-43)49-53-46(32-18-8-3-9-19-32)52-47(54-49)33-26-27-42-38(28-33)34-20-10-11-24-41(34)55-42/h1,3-6,8-29H,2,7H2. The number of thiophene rings is 1. The van der Waals surface area contributed by atoms with Crippen LogP contribution in [0.2, 0.25) is 0 Å². The van der Waals surface area contributed by atoms with Crippen molar-refractivity contribution in [3.05, 3.63) is 170 Å². The fraction of sp³-hybridized carbons (Fsp3) is 0.0408. The molecule has 4 heterocycles. The van der Waals surface area contributed by atoms with Crippen LogP contribution in [0, 0.1) is 0 Å². The third-order valence-corrected chi connectivity index (χ3v) is 11.6. The molecule has 4 aromatic heterocycles. The maximum absolute atomic E-state index is 6.15. The fourth-order valence-electron chi connectivity index (χ4n) is 7.69. The summed E-state index contributed by atoms with van der Waals surface area (Å²) in [4.78, 5) is 25.8. The normalized spacial score (nSPS) is 12.9. The van der Waals surface area contributed by atoms with E-state index in [1.807, 2.05) is 66.7 Å². The molecule has 0 saturated heterocycles. The third-order valence-electron chi connectivity index (χ3n) is 10.4. The summed E-state index contributed by atoms with van der Waals surface area (Å²) in [5.41, 5.74) is 9.45. The number of hydrogen-bond acceptors (Lipinski definition) is 7. The number of nitrogens with zero attached hydrogens (tertiary/aromatic N) is 5. The number of aromatic nitrogens is 5. The highest BCUT2D eigenvalue weighted by atomic mass is 32.1. The van der Waals surface area contributed by atoms with Gasteiger partial charge in [-0.25, -0.2) is 24.9 Å². The summed E-state index contributed by atoms with van der Waals surface area (Å²) < 4.78 is 8.39. The van der Waals surface area contributed by atoms with Crippen LogP contribution in [-0.4, -0.2) is 24.9 Å². The minimum atomic E-state index is 0.601. The lowest BCUT2D eigenvalue weighted by Crippen LogP contribution is -2.00. The first kappa shape index (κ1) is 32.3. The Morgan fingerprint density at radius 2 is 1.14 bits per heavy atom. The lowest BCUT2D eigenvalue weighted by Gasteiger charge is -2.12. The molecule has 0 saturated carbocycles. The van der Waals surface area contributed by atoms with Gasteiger partial charge in [-0.05, 0) is 60.9 Å². The molecule has 0 bridgehead atoms. The first-order valence-electron chi connectivity index (χ1n) is 18.7. The Balaban J connectivity index is 1.11. The summed E-state index contributed by atoms with van der Waals surface area (Å²) in [5.74, 6) is 2.54. The van der Waals surface area contributed by atoms with Crippen molar-refractivity contribution in [2.75, 3.05) is 0 Å². The molecule has 1 aliphatic carbocycles. The average Bonchev–Trinajstić information content (AvgIpc) is 3.85. The predicted molar refractivity (Wildman–Crippen MR) is 229 cm³/mol. The Morgan fingerprint density at radius 1 is 0.464 bits per heavy atom. The van der Waals surface area contributed by atoms with Crippen LogP contribution in [0.3, 0.4) is 0 Å². The molecule has 1 aliphatic rings. The number of benzene rings is 6. The van der Waals surface area contributed by atoms with Crippen LogP contribution in [0.4, 0.5) is 0 Å². The van der Waals surface area contributed by atoms with Crippen molar-refractivity contribution in [2.45, 2.75) is 12.8 Å². The smallest absolute Gasteiger partial charge is 0.165 e. The number of furan rings is 1. The predicted octanol–water partition coefficient (Wildman–Crippen LogP) is 13.0. The van der Waals surface area contributed by atoms with E-state index in [1.54, 1.807) is 11.3 Å². The molecule has 6 nitrogen and oxygen atoms in total. The number of fused-ring (bicyclic) bond motifs is 6. The summed E-state index contributed by atoms with van der Waals surface area (Å²) in [6.45, 7) is 0. The van der Waals surface area contributed by atoms with E-state index >= 15 is 0 Å². The van der Waals surface area contributed by atoms with Crippen LogP contribution < -0.4 is 0 Å². The SMILES string of the molecule is C1=CC(c2cc(-c3ccccc3)nc(-c3cccc4sc5c(-c6nc(-c7ccccc7)nc(-c7ccc8oc9ccccc9c8c7)n6)cccc5c34)n2)=CCC1. The monoisotopic (exact) mass is 737 g/mol. The molecule has 56 heavy (non-hydrogen) atoms. The van der Waals surface area contributed by atoms with Crippen molar-refractivity contribution in [1.29, 1.82) is 0 Å². The van der Waals surface area contributed by atoms with Gasteiger partial charge in [-0.2, -0.15) is 0 Å². The first-order valence-corrected chi connectivity index (χ1v) is 19.5. The second-order valence-electron chi connectivity index (χ2n) is 13.9. The lowest BCUT2D eigenvalue weighted by molar-refractivity contribution is 0.669. The van der Waals surface area contributed by atoms with Crippen LogP contribution in [0.25, 0.3) is 104 Å². The van der Waals surface area contributed by atoms with Crippen molar-refractivity contribution in [3.63, 3.8) is 0 Å². The summed E-state index contributed by atoms with van der Waals surface area (Å²) in [6, 6.07) is 49.7. The van der Waals surface area contributed by atoms with Crippen molar-refractivity contribution >= 4 is 59.0 Å². The zero-order valence-electron chi connectivity index (χ0n) is 30.1. The molecule has 6 aromatic carbocycles. The summed E-state index contributed by atoms with van der Waals surface area (Å²) in [5, 5.41) is 4.32. The van der Waals surface area contributed by atoms with Crippen molar-refractivity contribution in [1.82, 2.24) is 24.9 Å². The van der Waals surface area contributed by atoms with Crippen molar-refractivity contribution in [3.8, 4) is 56.8 Å². The molecule has 0 spiro atoms. The number of allylic oxidation sites excluding steroid dienone is 4. The molecule has 0 aliphatic heterocycles. The molecule has 10 aromatic rings. The highest BCUT2D eigenvalue weighted by Gasteiger charge is 2.21. The Morgan fingerprint density at radius 3 is 1.98 bits per heavy atom. The third kappa shape index (κ3) is 5.60. The van der Waals surface area contributed by atoms with Gasteiger partial charge in [0.25, 0.3) is 0 Å². The maximum Gasteiger partial charge on any atom is 0.165 e. The molecule has 0 amide bonds. The van der Waals surface area contributed by atoms with E-state index in [0.29, 0.717) is 23.3 Å². The van der Waals surface area contributed by atoms with E-state index in [2.05, 4.69) is 97.1 Å². The van der Waals surface area contributed by atoms with Gasteiger partial charge in [0, 0.05) is 58.8 Å². The van der Waals surface area contributed by atoms with Gasteiger partial charge in [0.05, 0.1) is 11.4 Å². The van der Waals surface area contributed by atoms with Crippen LogP contribution >= 0.6 is 11.3 Å². The van der Waals surface area contributed by atoms with E-state index in [0.717, 1.165) is 99.7 Å². The average molecular weight is 738 g/mol. The summed E-state index contributed by atoms with van der Waals surface area (Å²) in [6.07, 6.45) is 8.72. The highest BCUT2D eigenvalue weighted by molar-refractivity contribution is 7.26. The summed E-state index contributed by atoms with van der Waals surface area (Å²) >= 11 is 1.74. The Labute approximate surface area is 326 Å². The second-order valence-corrected chi connectivity index (χ2v) is 15.0. The van der Waals surface area contributed by atoms with Gasteiger partial charge in [-0.1, -0.05) is 121 Å². The van der Waals surface area contributed by atoms with E-state index in [4.69, 9.17) is 29.3 Å². The highest BCUT2D eigenvalue weighted by Crippen LogP contribution is 2.44. The van der Waals surface area contributed by atoms with Crippen LogP contribution in [0.5, 0.6) is 0 Å². The summed E-state index contributed by atoms with van der Waals surface area (Å²) in [7, 11) is 0. The molecule has 11 rings (SSSR count). The fourth-order valence-corrected chi connectivity index (χ4v) is 8.93. The Bertz CT molecular complexity index is 3200. The zero-order valence-corrected chi connectivity index (χ0v) is 30.9. The molecular weight excluding hydrogens is 707 g/mol. The van der Waals surface area contributed by atoms with Crippen LogP contribution in [-0.2, 0) is 0 Å². The van der Waals surface area contributed by atoms with E-state index in [9.17, 15) is 0 Å². The minimum Gasteiger partial charge on any atom is -0.456 e. The van der Waals surface area contributed by atoms with Crippen molar-refractivity contribution < 1.29 is 4.42 Å². The first-order chi connectivity index (χ1) is 27.7. The zero-order chi connectivity index (χ0) is 37.0. The van der Waals surface area contributed by atoms with E-state index in [1.165, 1.54) is 0 Å². The maximum atomic E-state index is 6.15. The molecule has 264 valence electrons. The van der Waals surface area contributed by atoms with Gasteiger partial charge in [-0.3, -0.25) is 0 Å². The minimum absolute atomic E-state index is 0.601. The van der Waals surface area contributed by atoms with Crippen LogP contribution in [0.15, 0.2) is 168 Å². The number of rotatable bonds is 6. The molecule has 0 unspecified atom stereocenters. The van der Waals surface area contributed by atoms with Gasteiger partial charge in [0.15, 0.2) is 23.3 Å². The molecule has 0 radical (unpaired) electrons. The van der Waals surface area contributed by atoms with E-state index in [-0.39, 0.29) is 0 Å². The van der Waals surface area contributed by atoms with Gasteiger partial charge >= 0.3 is 0 Å². The molecule has 7 heteroatoms. The largest absolute Gasteiger partial charge is 0.456 e. The molecule has 0 atom stereocenters. The van der Waals surface area contributed by atoms with Gasteiger partial charge in [0.1, 0.15) is 11.2 Å². The topological polar surface area (TPSA) is 77.6 Å². The Hall–Kier alpha value is -7.09. The number of hydrogen-bond donors (Lipinski definition) is 0. The van der Waals surface area contributed by atoms with E-state index < -0.39 is 0 Å². The van der Waals surface area contributed by atoms with Crippen molar-refractivity contribution in [2.24, 2.45) is 0 Å². The molecular formula is C49H31N5OS. The molecule has 0 fully saturated rings.